The number of Topliss-reactive ketones (excluding diaryl/α,β-unsaturated/α-hetero) is 1. The molecule has 1 heterocycles. The maximum Gasteiger partial charge on any atom is 0.192 e. The summed E-state index contributed by atoms with van der Waals surface area (Å²) in [5.41, 5.74) is 2.58. The van der Waals surface area contributed by atoms with Crippen molar-refractivity contribution in [3.63, 3.8) is 0 Å². The lowest BCUT2D eigenvalue weighted by molar-refractivity contribution is 0.103. The van der Waals surface area contributed by atoms with E-state index >= 15 is 0 Å². The molecule has 0 aliphatic carbocycles. The predicted octanol–water partition coefficient (Wildman–Crippen LogP) is 5.07. The van der Waals surface area contributed by atoms with E-state index < -0.39 is 0 Å². The van der Waals surface area contributed by atoms with Crippen molar-refractivity contribution in [2.75, 3.05) is 0 Å². The fourth-order valence-electron chi connectivity index (χ4n) is 2.54. The Morgan fingerprint density at radius 3 is 2.43 bits per heavy atom. The van der Waals surface area contributed by atoms with Gasteiger partial charge in [0.15, 0.2) is 5.78 Å². The van der Waals surface area contributed by atoms with Crippen LogP contribution in [0.5, 0.6) is 0 Å². The van der Waals surface area contributed by atoms with Gasteiger partial charge in [0.25, 0.3) is 0 Å². The number of carbonyl (C=O) groups excluding carboxylic acids is 1. The van der Waals surface area contributed by atoms with Gasteiger partial charge in [-0.2, -0.15) is 0 Å². The maximum atomic E-state index is 12.6. The number of benzene rings is 2. The normalized spacial score (nSPS) is 17.7. The Labute approximate surface area is 132 Å². The van der Waals surface area contributed by atoms with Gasteiger partial charge in [0.1, 0.15) is 11.9 Å². The molecule has 1 unspecified atom stereocenters. The zero-order valence-electron chi connectivity index (χ0n) is 11.7. The molecule has 1 aliphatic rings. The topological polar surface area (TPSA) is 26.3 Å². The Balaban J connectivity index is 1.81. The molecule has 0 fully saturated rings. The van der Waals surface area contributed by atoms with Gasteiger partial charge in [-0.1, -0.05) is 46.3 Å². The highest BCUT2D eigenvalue weighted by Gasteiger charge is 2.29. The van der Waals surface area contributed by atoms with Gasteiger partial charge in [0, 0.05) is 22.0 Å². The molecule has 0 amide bonds. The Bertz CT molecular complexity index is 687. The van der Waals surface area contributed by atoms with Crippen LogP contribution in [0.1, 0.15) is 35.4 Å². The quantitative estimate of drug-likeness (QED) is 0.728. The van der Waals surface area contributed by atoms with E-state index in [1.807, 2.05) is 61.5 Å². The Morgan fingerprint density at radius 1 is 1.10 bits per heavy atom. The molecule has 0 saturated heterocycles. The molecule has 3 heteroatoms. The minimum absolute atomic E-state index is 0.0541. The fourth-order valence-corrected chi connectivity index (χ4v) is 2.80. The van der Waals surface area contributed by atoms with Gasteiger partial charge in [-0.05, 0) is 36.8 Å². The summed E-state index contributed by atoms with van der Waals surface area (Å²) in [5.74, 6) is 0.787. The fraction of sp³-hybridized carbons (Fsp3) is 0.167. The highest BCUT2D eigenvalue weighted by atomic mass is 79.9. The van der Waals surface area contributed by atoms with Crippen molar-refractivity contribution in [3.8, 4) is 0 Å². The third-order valence-electron chi connectivity index (χ3n) is 3.69. The van der Waals surface area contributed by atoms with Crippen LogP contribution in [0.3, 0.4) is 0 Å². The molecule has 2 nitrogen and oxygen atoms in total. The Morgan fingerprint density at radius 2 is 1.76 bits per heavy atom. The number of allylic oxidation sites excluding steroid dienone is 1. The summed E-state index contributed by atoms with van der Waals surface area (Å²) in [6, 6.07) is 17.5. The van der Waals surface area contributed by atoms with Gasteiger partial charge in [0.2, 0.25) is 0 Å². The zero-order chi connectivity index (χ0) is 14.8. The average molecular weight is 343 g/mol. The van der Waals surface area contributed by atoms with Gasteiger partial charge in [-0.15, -0.1) is 0 Å². The van der Waals surface area contributed by atoms with E-state index in [1.54, 1.807) is 0 Å². The molecular weight excluding hydrogens is 328 g/mol. The molecule has 2 aromatic carbocycles. The molecule has 0 N–H and O–H groups in total. The van der Waals surface area contributed by atoms with Crippen LogP contribution >= 0.6 is 15.9 Å². The zero-order valence-corrected chi connectivity index (χ0v) is 13.3. The minimum atomic E-state index is -0.0550. The second kappa shape index (κ2) is 5.86. The second-order valence-corrected chi connectivity index (χ2v) is 6.01. The molecule has 0 bridgehead atoms. The molecule has 0 aromatic heterocycles. The van der Waals surface area contributed by atoms with Gasteiger partial charge in [0.05, 0.1) is 0 Å². The van der Waals surface area contributed by atoms with Crippen molar-refractivity contribution < 1.29 is 9.53 Å². The van der Waals surface area contributed by atoms with Crippen LogP contribution in [0, 0.1) is 0 Å². The Hall–Kier alpha value is -1.87. The summed E-state index contributed by atoms with van der Waals surface area (Å²) in [6.45, 7) is 1.87. The molecule has 21 heavy (non-hydrogen) atoms. The van der Waals surface area contributed by atoms with Crippen LogP contribution in [0.25, 0.3) is 0 Å². The van der Waals surface area contributed by atoms with E-state index in [9.17, 15) is 4.79 Å². The summed E-state index contributed by atoms with van der Waals surface area (Å²) < 4.78 is 6.84. The average Bonchev–Trinajstić information content (AvgIpc) is 2.90. The minimum Gasteiger partial charge on any atom is -0.490 e. The van der Waals surface area contributed by atoms with Gasteiger partial charge < -0.3 is 4.74 Å². The van der Waals surface area contributed by atoms with Crippen molar-refractivity contribution >= 4 is 21.7 Å². The van der Waals surface area contributed by atoms with Crippen molar-refractivity contribution in [1.29, 1.82) is 0 Å². The highest BCUT2D eigenvalue weighted by molar-refractivity contribution is 9.10. The summed E-state index contributed by atoms with van der Waals surface area (Å²) in [7, 11) is 0. The maximum absolute atomic E-state index is 12.6. The SMILES string of the molecule is CC1=C(C(=O)c2ccc(Br)cc2)CC(c2ccccc2)O1. The van der Waals surface area contributed by atoms with Crippen LogP contribution in [0.15, 0.2) is 70.4 Å². The van der Waals surface area contributed by atoms with Crippen molar-refractivity contribution in [3.05, 3.63) is 81.5 Å². The first-order valence-electron chi connectivity index (χ1n) is 6.87. The van der Waals surface area contributed by atoms with Crippen LogP contribution < -0.4 is 0 Å². The molecule has 1 aliphatic heterocycles. The first kappa shape index (κ1) is 14.1. The lowest BCUT2D eigenvalue weighted by atomic mass is 9.97. The third kappa shape index (κ3) is 2.93. The number of hydrogen-bond donors (Lipinski definition) is 0. The second-order valence-electron chi connectivity index (χ2n) is 5.09. The smallest absolute Gasteiger partial charge is 0.192 e. The molecule has 0 radical (unpaired) electrons. The number of ketones is 1. The molecule has 1 atom stereocenters. The van der Waals surface area contributed by atoms with E-state index in [-0.39, 0.29) is 11.9 Å². The number of hydrogen-bond acceptors (Lipinski definition) is 2. The number of rotatable bonds is 3. The molecule has 0 saturated carbocycles. The largest absolute Gasteiger partial charge is 0.490 e. The summed E-state index contributed by atoms with van der Waals surface area (Å²) in [4.78, 5) is 12.6. The van der Waals surface area contributed by atoms with Crippen LogP contribution in [-0.2, 0) is 4.74 Å². The highest BCUT2D eigenvalue weighted by Crippen LogP contribution is 2.37. The lowest BCUT2D eigenvalue weighted by Gasteiger charge is -2.11. The van der Waals surface area contributed by atoms with Crippen molar-refractivity contribution in [2.45, 2.75) is 19.4 Å². The van der Waals surface area contributed by atoms with Crippen LogP contribution in [-0.4, -0.2) is 5.78 Å². The molecule has 2 aromatic rings. The molecule has 3 rings (SSSR count). The lowest BCUT2D eigenvalue weighted by Crippen LogP contribution is -2.04. The van der Waals surface area contributed by atoms with Crippen molar-refractivity contribution in [2.24, 2.45) is 0 Å². The van der Waals surface area contributed by atoms with Gasteiger partial charge in [-0.3, -0.25) is 4.79 Å². The third-order valence-corrected chi connectivity index (χ3v) is 4.21. The number of carbonyl (C=O) groups is 1. The molecular formula is C18H15BrO2. The summed E-state index contributed by atoms with van der Waals surface area (Å²) in [6.07, 6.45) is 0.575. The number of ether oxygens (including phenoxy) is 1. The number of halogens is 1. The van der Waals surface area contributed by atoms with E-state index in [0.29, 0.717) is 12.0 Å². The predicted molar refractivity (Wildman–Crippen MR) is 86.1 cm³/mol. The van der Waals surface area contributed by atoms with Crippen molar-refractivity contribution in [1.82, 2.24) is 0 Å². The van der Waals surface area contributed by atoms with E-state index in [4.69, 9.17) is 4.74 Å². The molecule has 106 valence electrons. The van der Waals surface area contributed by atoms with Crippen LogP contribution in [0.2, 0.25) is 0 Å². The Kier molecular flexibility index (Phi) is 3.93. The monoisotopic (exact) mass is 342 g/mol. The first-order chi connectivity index (χ1) is 10.1. The standard InChI is InChI=1S/C18H15BrO2/c1-12-16(18(20)14-7-9-15(19)10-8-14)11-17(21-12)13-5-3-2-4-6-13/h2-10,17H,11H2,1H3. The van der Waals surface area contributed by atoms with Gasteiger partial charge >= 0.3 is 0 Å². The van der Waals surface area contributed by atoms with E-state index in [0.717, 1.165) is 21.4 Å². The van der Waals surface area contributed by atoms with E-state index in [1.165, 1.54) is 0 Å². The summed E-state index contributed by atoms with van der Waals surface area (Å²) >= 11 is 3.38. The first-order valence-corrected chi connectivity index (χ1v) is 7.66. The van der Waals surface area contributed by atoms with E-state index in [2.05, 4.69) is 15.9 Å². The molecule has 0 spiro atoms. The van der Waals surface area contributed by atoms with Crippen LogP contribution in [0.4, 0.5) is 0 Å². The summed E-state index contributed by atoms with van der Waals surface area (Å²) in [5, 5.41) is 0. The van der Waals surface area contributed by atoms with Gasteiger partial charge in [-0.25, -0.2) is 0 Å².